The van der Waals surface area contributed by atoms with Gasteiger partial charge in [-0.15, -0.1) is 0 Å². The number of carbonyl (C=O) groups is 1. The zero-order valence-corrected chi connectivity index (χ0v) is 20.6. The number of nitrogens with zero attached hydrogens (tertiary/aromatic N) is 3. The van der Waals surface area contributed by atoms with Crippen molar-refractivity contribution in [3.05, 3.63) is 96.0 Å². The molecule has 0 aliphatic carbocycles. The number of hydrogen-bond donors (Lipinski definition) is 1. The molecule has 1 aliphatic rings. The quantitative estimate of drug-likeness (QED) is 0.292. The molecule has 1 aliphatic heterocycles. The van der Waals surface area contributed by atoms with Gasteiger partial charge in [-0.05, 0) is 60.2 Å². The molecule has 0 spiro atoms. The Kier molecular flexibility index (Phi) is 7.18. The average Bonchev–Trinajstić information content (AvgIpc) is 3.36. The number of likely N-dealkylation sites (tertiary alicyclic amines) is 1. The molecule has 0 saturated carbocycles. The van der Waals surface area contributed by atoms with Crippen molar-refractivity contribution in [1.82, 2.24) is 14.9 Å². The predicted molar refractivity (Wildman–Crippen MR) is 141 cm³/mol. The monoisotopic (exact) mass is 518 g/mol. The number of ether oxygens (including phenoxy) is 2. The van der Waals surface area contributed by atoms with E-state index in [1.54, 1.807) is 29.2 Å². The first-order chi connectivity index (χ1) is 18.0. The number of fused-ring (bicyclic) bond motifs is 1. The summed E-state index contributed by atoms with van der Waals surface area (Å²) in [4.78, 5) is 22.3. The zero-order chi connectivity index (χ0) is 25.8. The fraction of sp³-hybridized carbons (Fsp3) is 0.179. The smallest absolute Gasteiger partial charge is 0.246 e. The Hall–Kier alpha value is -4.17. The van der Waals surface area contributed by atoms with Crippen LogP contribution < -0.4 is 14.8 Å². The summed E-state index contributed by atoms with van der Waals surface area (Å²) in [5.74, 6) is 1.34. The van der Waals surface area contributed by atoms with Crippen molar-refractivity contribution >= 4 is 39.9 Å². The van der Waals surface area contributed by atoms with E-state index in [-0.39, 0.29) is 24.4 Å². The first-order valence-electron chi connectivity index (χ1n) is 11.7. The Balaban J connectivity index is 1.29. The van der Waals surface area contributed by atoms with Gasteiger partial charge in [-0.25, -0.2) is 14.4 Å². The molecule has 7 nitrogen and oxygen atoms in total. The fourth-order valence-electron chi connectivity index (χ4n) is 4.17. The Labute approximate surface area is 218 Å². The highest BCUT2D eigenvalue weighted by Crippen LogP contribution is 2.32. The van der Waals surface area contributed by atoms with Gasteiger partial charge < -0.3 is 19.7 Å². The summed E-state index contributed by atoms with van der Waals surface area (Å²) in [6, 6.07) is 17.2. The Morgan fingerprint density at radius 2 is 2.08 bits per heavy atom. The summed E-state index contributed by atoms with van der Waals surface area (Å²) < 4.78 is 25.3. The van der Waals surface area contributed by atoms with Crippen LogP contribution in [0.3, 0.4) is 0 Å². The molecular weight excluding hydrogens is 495 g/mol. The van der Waals surface area contributed by atoms with Crippen LogP contribution in [0.25, 0.3) is 10.9 Å². The lowest BCUT2D eigenvalue weighted by molar-refractivity contribution is -0.125. The molecule has 0 radical (unpaired) electrons. The average molecular weight is 519 g/mol. The summed E-state index contributed by atoms with van der Waals surface area (Å²) in [5, 5.41) is 4.47. The maximum absolute atomic E-state index is 13.4. The van der Waals surface area contributed by atoms with Gasteiger partial charge in [-0.2, -0.15) is 0 Å². The van der Waals surface area contributed by atoms with Gasteiger partial charge >= 0.3 is 0 Å². The number of nitrogens with one attached hydrogen (secondary N) is 1. The van der Waals surface area contributed by atoms with E-state index in [4.69, 9.17) is 21.1 Å². The zero-order valence-electron chi connectivity index (χ0n) is 19.9. The highest BCUT2D eigenvalue weighted by molar-refractivity contribution is 6.32. The minimum Gasteiger partial charge on any atom is -0.488 e. The lowest BCUT2D eigenvalue weighted by Gasteiger charge is -2.16. The van der Waals surface area contributed by atoms with Crippen molar-refractivity contribution in [2.45, 2.75) is 19.1 Å². The Morgan fingerprint density at radius 3 is 2.89 bits per heavy atom. The van der Waals surface area contributed by atoms with E-state index in [1.807, 2.05) is 24.3 Å². The van der Waals surface area contributed by atoms with E-state index in [0.29, 0.717) is 46.7 Å². The van der Waals surface area contributed by atoms with E-state index >= 15 is 0 Å². The number of hydrogen-bond acceptors (Lipinski definition) is 6. The molecule has 4 aromatic rings. The van der Waals surface area contributed by atoms with Crippen molar-refractivity contribution in [3.8, 4) is 11.5 Å². The summed E-state index contributed by atoms with van der Waals surface area (Å²) in [5.41, 5.74) is 2.17. The third kappa shape index (κ3) is 5.81. The molecule has 3 aromatic carbocycles. The molecule has 2 heterocycles. The molecule has 1 aromatic heterocycles. The van der Waals surface area contributed by atoms with Crippen LogP contribution in [-0.4, -0.2) is 40.0 Å². The van der Waals surface area contributed by atoms with Gasteiger partial charge in [0.05, 0.1) is 17.1 Å². The Morgan fingerprint density at radius 1 is 1.19 bits per heavy atom. The van der Waals surface area contributed by atoms with E-state index in [9.17, 15) is 9.18 Å². The number of halogens is 2. The van der Waals surface area contributed by atoms with E-state index in [2.05, 4.69) is 21.9 Å². The highest BCUT2D eigenvalue weighted by atomic mass is 35.5. The maximum atomic E-state index is 13.4. The standard InChI is InChI=1S/C28H24ClFN4O3/c1-2-27(35)34-11-10-22(15-34)37-21-7-8-25-23(14-21)28(32-17-31-25)33-20-6-9-26(24(29)13-20)36-16-18-4-3-5-19(30)12-18/h2-9,12-14,17,22H,1,10-11,15-16H2,(H,31,32,33)/t22-/m0/s1. The topological polar surface area (TPSA) is 76.6 Å². The summed E-state index contributed by atoms with van der Waals surface area (Å²) in [6.45, 7) is 4.91. The number of amides is 1. The molecule has 1 fully saturated rings. The second-order valence-corrected chi connectivity index (χ2v) is 9.01. The van der Waals surface area contributed by atoms with E-state index in [0.717, 1.165) is 17.3 Å². The van der Waals surface area contributed by atoms with Crippen LogP contribution in [0, 0.1) is 5.82 Å². The maximum Gasteiger partial charge on any atom is 0.246 e. The predicted octanol–water partition coefficient (Wildman–Crippen LogP) is 5.91. The van der Waals surface area contributed by atoms with Crippen molar-refractivity contribution in [3.63, 3.8) is 0 Å². The molecule has 9 heteroatoms. The van der Waals surface area contributed by atoms with E-state index < -0.39 is 0 Å². The summed E-state index contributed by atoms with van der Waals surface area (Å²) in [6.07, 6.45) is 3.46. The van der Waals surface area contributed by atoms with Gasteiger partial charge in [-0.3, -0.25) is 4.79 Å². The van der Waals surface area contributed by atoms with Gasteiger partial charge in [0.2, 0.25) is 5.91 Å². The van der Waals surface area contributed by atoms with Crippen molar-refractivity contribution in [2.75, 3.05) is 18.4 Å². The molecule has 0 bridgehead atoms. The minimum absolute atomic E-state index is 0.0893. The van der Waals surface area contributed by atoms with Crippen molar-refractivity contribution in [1.29, 1.82) is 0 Å². The van der Waals surface area contributed by atoms with Crippen LogP contribution in [-0.2, 0) is 11.4 Å². The number of rotatable bonds is 8. The van der Waals surface area contributed by atoms with Crippen molar-refractivity contribution < 1.29 is 18.7 Å². The second-order valence-electron chi connectivity index (χ2n) is 8.61. The third-order valence-electron chi connectivity index (χ3n) is 6.02. The van der Waals surface area contributed by atoms with Gasteiger partial charge in [0.25, 0.3) is 0 Å². The first-order valence-corrected chi connectivity index (χ1v) is 12.1. The lowest BCUT2D eigenvalue weighted by Crippen LogP contribution is -2.29. The molecule has 5 rings (SSSR count). The number of carbonyl (C=O) groups excluding carboxylic acids is 1. The molecule has 1 saturated heterocycles. The molecular formula is C28H24ClFN4O3. The molecule has 188 valence electrons. The summed E-state index contributed by atoms with van der Waals surface area (Å²) >= 11 is 6.45. The molecule has 1 atom stereocenters. The number of anilines is 2. The second kappa shape index (κ2) is 10.8. The van der Waals surface area contributed by atoms with Crippen LogP contribution in [0.15, 0.2) is 79.6 Å². The first kappa shape index (κ1) is 24.5. The van der Waals surface area contributed by atoms with E-state index in [1.165, 1.54) is 24.5 Å². The minimum atomic E-state index is -0.314. The van der Waals surface area contributed by atoms with Crippen molar-refractivity contribution in [2.24, 2.45) is 0 Å². The van der Waals surface area contributed by atoms with Gasteiger partial charge in [0.1, 0.15) is 42.2 Å². The molecule has 0 unspecified atom stereocenters. The lowest BCUT2D eigenvalue weighted by atomic mass is 10.2. The molecule has 1 amide bonds. The highest BCUT2D eigenvalue weighted by Gasteiger charge is 2.26. The van der Waals surface area contributed by atoms with Crippen LogP contribution in [0.5, 0.6) is 11.5 Å². The van der Waals surface area contributed by atoms with Gasteiger partial charge in [-0.1, -0.05) is 30.3 Å². The SMILES string of the molecule is C=CC(=O)N1CC[C@H](Oc2ccc3ncnc(Nc4ccc(OCc5cccc(F)c5)c(Cl)c4)c3c2)C1. The summed E-state index contributed by atoms with van der Waals surface area (Å²) in [7, 11) is 0. The fourth-order valence-corrected chi connectivity index (χ4v) is 4.41. The van der Waals surface area contributed by atoms with Crippen LogP contribution >= 0.6 is 11.6 Å². The number of benzene rings is 3. The Bertz CT molecular complexity index is 1460. The van der Waals surface area contributed by atoms with Gasteiger partial charge in [0.15, 0.2) is 0 Å². The van der Waals surface area contributed by atoms with Gasteiger partial charge in [0, 0.05) is 24.0 Å². The molecule has 1 N–H and O–H groups in total. The van der Waals surface area contributed by atoms with Crippen LogP contribution in [0.1, 0.15) is 12.0 Å². The number of aromatic nitrogens is 2. The third-order valence-corrected chi connectivity index (χ3v) is 6.31. The molecule has 37 heavy (non-hydrogen) atoms. The normalized spacial score (nSPS) is 15.0. The largest absolute Gasteiger partial charge is 0.488 e. The van der Waals surface area contributed by atoms with Crippen LogP contribution in [0.2, 0.25) is 5.02 Å². The van der Waals surface area contributed by atoms with Crippen LogP contribution in [0.4, 0.5) is 15.9 Å².